The van der Waals surface area contributed by atoms with Gasteiger partial charge in [0.25, 0.3) is 0 Å². The summed E-state index contributed by atoms with van der Waals surface area (Å²) in [5, 5.41) is 5.51. The van der Waals surface area contributed by atoms with E-state index in [1.165, 1.54) is 10.9 Å². The number of hydrogen-bond donors (Lipinski definition) is 1. The van der Waals surface area contributed by atoms with Gasteiger partial charge in [-0.25, -0.2) is 0 Å². The number of carbonyl (C=O) groups excluding carboxylic acids is 1. The number of nitrogens with one attached hydrogen (secondary N) is 1. The largest absolute Gasteiger partial charge is 0.358 e. The maximum Gasteiger partial charge on any atom is 0.239 e. The third-order valence-corrected chi connectivity index (χ3v) is 7.74. The van der Waals surface area contributed by atoms with Crippen LogP contribution in [-0.4, -0.2) is 35.5 Å². The smallest absolute Gasteiger partial charge is 0.239 e. The third kappa shape index (κ3) is 4.84. The van der Waals surface area contributed by atoms with Gasteiger partial charge in [0, 0.05) is 34.5 Å². The van der Waals surface area contributed by atoms with Gasteiger partial charge in [-0.15, -0.1) is 0 Å². The zero-order valence-electron chi connectivity index (χ0n) is 19.8. The molecule has 6 heteroatoms. The molecule has 4 aromatic rings. The average molecular weight is 506 g/mol. The van der Waals surface area contributed by atoms with E-state index < -0.39 is 0 Å². The molecule has 0 radical (unpaired) electrons. The van der Waals surface area contributed by atoms with Crippen LogP contribution in [0, 0.1) is 0 Å². The third-order valence-electron chi connectivity index (χ3n) is 7.08. The van der Waals surface area contributed by atoms with Crippen LogP contribution in [0.1, 0.15) is 29.9 Å². The van der Waals surface area contributed by atoms with Gasteiger partial charge in [0.1, 0.15) is 6.54 Å². The number of para-hydroxylation sites is 1. The Balaban J connectivity index is 1.48. The van der Waals surface area contributed by atoms with Gasteiger partial charge in [0.2, 0.25) is 5.91 Å². The molecule has 1 amide bonds. The highest BCUT2D eigenvalue weighted by molar-refractivity contribution is 6.36. The predicted octanol–water partition coefficient (Wildman–Crippen LogP) is 6.74. The number of fused-ring (bicyclic) bond motifs is 1. The maximum absolute atomic E-state index is 12.5. The predicted molar refractivity (Wildman–Crippen MR) is 145 cm³/mol. The van der Waals surface area contributed by atoms with Gasteiger partial charge in [-0.3, -0.25) is 9.69 Å². The number of nitrogens with zero attached hydrogens (tertiary/aromatic N) is 2. The first-order valence-corrected chi connectivity index (χ1v) is 12.8. The van der Waals surface area contributed by atoms with Crippen molar-refractivity contribution < 1.29 is 4.79 Å². The van der Waals surface area contributed by atoms with Gasteiger partial charge in [-0.05, 0) is 66.7 Å². The van der Waals surface area contributed by atoms with Crippen molar-refractivity contribution in [2.75, 3.05) is 20.1 Å². The summed E-state index contributed by atoms with van der Waals surface area (Å²) in [5.41, 5.74) is 5.68. The van der Waals surface area contributed by atoms with E-state index >= 15 is 0 Å². The van der Waals surface area contributed by atoms with Crippen molar-refractivity contribution in [2.45, 2.75) is 31.8 Å². The molecule has 1 aliphatic rings. The van der Waals surface area contributed by atoms with Crippen molar-refractivity contribution in [3.8, 4) is 11.3 Å². The summed E-state index contributed by atoms with van der Waals surface area (Å²) < 4.78 is 2.16. The normalized spacial score (nSPS) is 14.9. The number of benzene rings is 3. The summed E-state index contributed by atoms with van der Waals surface area (Å²) in [4.78, 5) is 15.0. The van der Waals surface area contributed by atoms with E-state index in [0.29, 0.717) is 5.92 Å². The number of rotatable bonds is 6. The van der Waals surface area contributed by atoms with Crippen LogP contribution in [0.15, 0.2) is 72.8 Å². The van der Waals surface area contributed by atoms with E-state index in [1.807, 2.05) is 30.3 Å². The van der Waals surface area contributed by atoms with Crippen LogP contribution in [0.25, 0.3) is 22.2 Å². The van der Waals surface area contributed by atoms with Gasteiger partial charge in [0.05, 0.1) is 5.69 Å². The van der Waals surface area contributed by atoms with Gasteiger partial charge in [-0.1, -0.05) is 77.8 Å². The van der Waals surface area contributed by atoms with E-state index in [-0.39, 0.29) is 12.5 Å². The lowest BCUT2D eigenvalue weighted by molar-refractivity contribution is -0.121. The molecule has 1 aliphatic heterocycles. The molecule has 1 aromatic heterocycles. The monoisotopic (exact) mass is 505 g/mol. The molecule has 35 heavy (non-hydrogen) atoms. The van der Waals surface area contributed by atoms with Crippen molar-refractivity contribution >= 4 is 40.0 Å². The highest BCUT2D eigenvalue weighted by Crippen LogP contribution is 2.39. The van der Waals surface area contributed by atoms with Crippen molar-refractivity contribution in [3.05, 3.63) is 94.0 Å². The fraction of sp³-hybridized carbons (Fsp3) is 0.276. The minimum absolute atomic E-state index is 0.00748. The molecule has 0 saturated carbocycles. The lowest BCUT2D eigenvalue weighted by atomic mass is 9.89. The number of likely N-dealkylation sites (N-methyl/N-ethyl adjacent to an activating group) is 1. The summed E-state index contributed by atoms with van der Waals surface area (Å²) in [6.07, 6.45) is 2.03. The van der Waals surface area contributed by atoms with Gasteiger partial charge >= 0.3 is 0 Å². The number of halogens is 2. The second-order valence-corrected chi connectivity index (χ2v) is 9.97. The summed E-state index contributed by atoms with van der Waals surface area (Å²) in [5.74, 6) is 0.363. The van der Waals surface area contributed by atoms with Gasteiger partial charge in [0.15, 0.2) is 0 Å². The van der Waals surface area contributed by atoms with Gasteiger partial charge in [-0.2, -0.15) is 0 Å². The molecule has 1 fully saturated rings. The van der Waals surface area contributed by atoms with Crippen molar-refractivity contribution in [2.24, 2.45) is 0 Å². The zero-order valence-corrected chi connectivity index (χ0v) is 21.3. The second-order valence-electron chi connectivity index (χ2n) is 9.16. The quantitative estimate of drug-likeness (QED) is 0.315. The first-order chi connectivity index (χ1) is 17.1. The molecular formula is C29H29Cl2N3O. The highest BCUT2D eigenvalue weighted by atomic mass is 35.5. The fourth-order valence-corrected chi connectivity index (χ4v) is 6.06. The van der Waals surface area contributed by atoms with E-state index in [2.05, 4.69) is 57.2 Å². The molecule has 0 aliphatic carbocycles. The van der Waals surface area contributed by atoms with Crippen LogP contribution in [0.2, 0.25) is 10.0 Å². The Morgan fingerprint density at radius 2 is 1.57 bits per heavy atom. The number of aromatic nitrogens is 1. The molecular weight excluding hydrogens is 477 g/mol. The molecule has 3 aromatic carbocycles. The fourth-order valence-electron chi connectivity index (χ4n) is 5.35. The van der Waals surface area contributed by atoms with E-state index in [9.17, 15) is 4.79 Å². The van der Waals surface area contributed by atoms with E-state index in [0.717, 1.165) is 64.9 Å². The molecule has 0 unspecified atom stereocenters. The first kappa shape index (κ1) is 23.9. The van der Waals surface area contributed by atoms with Crippen molar-refractivity contribution in [1.82, 2.24) is 14.8 Å². The summed E-state index contributed by atoms with van der Waals surface area (Å²) in [7, 11) is 1.69. The van der Waals surface area contributed by atoms with Crippen molar-refractivity contribution in [1.29, 1.82) is 0 Å². The molecule has 180 valence electrons. The Labute approximate surface area is 216 Å². The van der Waals surface area contributed by atoms with E-state index in [4.69, 9.17) is 23.2 Å². The second kappa shape index (κ2) is 10.4. The van der Waals surface area contributed by atoms with Crippen LogP contribution in [0.4, 0.5) is 0 Å². The first-order valence-electron chi connectivity index (χ1n) is 12.1. The van der Waals surface area contributed by atoms with Gasteiger partial charge < -0.3 is 9.88 Å². The lowest BCUT2D eigenvalue weighted by Crippen LogP contribution is -2.32. The van der Waals surface area contributed by atoms with Crippen LogP contribution in [0.3, 0.4) is 0 Å². The summed E-state index contributed by atoms with van der Waals surface area (Å²) in [6.45, 7) is 3.05. The van der Waals surface area contributed by atoms with Crippen LogP contribution >= 0.6 is 23.2 Å². The maximum atomic E-state index is 12.5. The molecule has 1 N–H and O–H groups in total. The highest BCUT2D eigenvalue weighted by Gasteiger charge is 2.27. The minimum Gasteiger partial charge on any atom is -0.358 e. The zero-order chi connectivity index (χ0) is 24.4. The lowest BCUT2D eigenvalue weighted by Gasteiger charge is -2.33. The Morgan fingerprint density at radius 3 is 2.26 bits per heavy atom. The number of piperidine rings is 1. The standard InChI is InChI=1S/C29H29Cl2N3O/c1-32-27(35)19-34-26-13-6-5-10-22(26)23(29(34)21-8-3-2-4-9-21)18-33-16-14-20(15-17-33)28-24(30)11-7-12-25(28)31/h2-13,20H,14-19H2,1H3,(H,32,35). The van der Waals surface area contributed by atoms with Crippen LogP contribution in [0.5, 0.6) is 0 Å². The summed E-state index contributed by atoms with van der Waals surface area (Å²) >= 11 is 13.0. The Bertz CT molecular complexity index is 1320. The number of amides is 1. The minimum atomic E-state index is -0.00748. The molecule has 0 spiro atoms. The average Bonchev–Trinajstić information content (AvgIpc) is 3.18. The molecule has 5 rings (SSSR count). The summed E-state index contributed by atoms with van der Waals surface area (Å²) in [6, 6.07) is 24.6. The topological polar surface area (TPSA) is 37.3 Å². The molecule has 0 bridgehead atoms. The molecule has 0 atom stereocenters. The molecule has 1 saturated heterocycles. The van der Waals surface area contributed by atoms with Crippen LogP contribution < -0.4 is 5.32 Å². The molecule has 2 heterocycles. The number of hydrogen-bond acceptors (Lipinski definition) is 2. The number of likely N-dealkylation sites (tertiary alicyclic amines) is 1. The Hall–Kier alpha value is -2.79. The molecule has 4 nitrogen and oxygen atoms in total. The van der Waals surface area contributed by atoms with E-state index in [1.54, 1.807) is 7.05 Å². The van der Waals surface area contributed by atoms with Crippen molar-refractivity contribution in [3.63, 3.8) is 0 Å². The Kier molecular flexibility index (Phi) is 7.14. The van der Waals surface area contributed by atoms with Crippen LogP contribution in [-0.2, 0) is 17.9 Å². The SMILES string of the molecule is CNC(=O)Cn1c(-c2ccccc2)c(CN2CCC(c3c(Cl)cccc3Cl)CC2)c2ccccc21. The Morgan fingerprint density at radius 1 is 0.914 bits per heavy atom. The number of carbonyl (C=O) groups is 1.